The molecule has 0 unspecified atom stereocenters. The van der Waals surface area contributed by atoms with E-state index in [0.717, 1.165) is 25.7 Å². The molecule has 0 aliphatic carbocycles. The molecule has 25 heavy (non-hydrogen) atoms. The second kappa shape index (κ2) is 7.76. The lowest BCUT2D eigenvalue weighted by Gasteiger charge is -2.20. The van der Waals surface area contributed by atoms with Crippen molar-refractivity contribution in [1.82, 2.24) is 9.29 Å². The van der Waals surface area contributed by atoms with Crippen molar-refractivity contribution >= 4 is 21.6 Å². The summed E-state index contributed by atoms with van der Waals surface area (Å²) in [6.45, 7) is 1.14. The Morgan fingerprint density at radius 1 is 1.00 bits per heavy atom. The molecule has 0 atom stereocenters. The third kappa shape index (κ3) is 4.24. The van der Waals surface area contributed by atoms with E-state index in [1.54, 1.807) is 46.9 Å². The molecular formula is C18H21N3O3S. The second-order valence-corrected chi connectivity index (χ2v) is 7.98. The largest absolute Gasteiger partial charge is 0.322 e. The molecule has 2 heterocycles. The Kier molecular flexibility index (Phi) is 5.45. The van der Waals surface area contributed by atoms with Gasteiger partial charge in [0, 0.05) is 31.2 Å². The van der Waals surface area contributed by atoms with Gasteiger partial charge in [0.25, 0.3) is 5.91 Å². The zero-order chi connectivity index (χ0) is 17.7. The van der Waals surface area contributed by atoms with E-state index < -0.39 is 10.0 Å². The maximum atomic E-state index is 12.7. The summed E-state index contributed by atoms with van der Waals surface area (Å²) >= 11 is 0. The fourth-order valence-corrected chi connectivity index (χ4v) is 4.36. The van der Waals surface area contributed by atoms with Crippen LogP contribution in [0.2, 0.25) is 0 Å². The normalized spacial score (nSPS) is 16.2. The number of hydrogen-bond acceptors (Lipinski definition) is 4. The molecule has 0 bridgehead atoms. The van der Waals surface area contributed by atoms with Crippen molar-refractivity contribution in [3.8, 4) is 0 Å². The highest BCUT2D eigenvalue weighted by atomic mass is 32.2. The summed E-state index contributed by atoms with van der Waals surface area (Å²) in [5.74, 6) is -0.281. The maximum absolute atomic E-state index is 12.7. The summed E-state index contributed by atoms with van der Waals surface area (Å²) < 4.78 is 27.0. The topological polar surface area (TPSA) is 79.4 Å². The van der Waals surface area contributed by atoms with Crippen molar-refractivity contribution < 1.29 is 13.2 Å². The summed E-state index contributed by atoms with van der Waals surface area (Å²) in [6, 6.07) is 9.66. The SMILES string of the molecule is O=C(Nc1ccc(S(=O)(=O)N2CCCCCC2)cc1)c1cccnc1. The van der Waals surface area contributed by atoms with Crippen LogP contribution in [0.25, 0.3) is 0 Å². The van der Waals surface area contributed by atoms with Gasteiger partial charge in [0.15, 0.2) is 0 Å². The second-order valence-electron chi connectivity index (χ2n) is 6.04. The fourth-order valence-electron chi connectivity index (χ4n) is 2.84. The predicted octanol–water partition coefficient (Wildman–Crippen LogP) is 2.90. The van der Waals surface area contributed by atoms with Gasteiger partial charge in [-0.3, -0.25) is 9.78 Å². The van der Waals surface area contributed by atoms with Crippen LogP contribution in [0.1, 0.15) is 36.0 Å². The number of benzene rings is 1. The fraction of sp³-hybridized carbons (Fsp3) is 0.333. The van der Waals surface area contributed by atoms with E-state index >= 15 is 0 Å². The molecule has 1 fully saturated rings. The van der Waals surface area contributed by atoms with Crippen LogP contribution in [0.4, 0.5) is 5.69 Å². The third-order valence-electron chi connectivity index (χ3n) is 4.24. The van der Waals surface area contributed by atoms with Crippen LogP contribution in [-0.2, 0) is 10.0 Å². The van der Waals surface area contributed by atoms with Crippen LogP contribution in [0.3, 0.4) is 0 Å². The molecule has 0 saturated carbocycles. The molecular weight excluding hydrogens is 338 g/mol. The van der Waals surface area contributed by atoms with Crippen LogP contribution < -0.4 is 5.32 Å². The van der Waals surface area contributed by atoms with E-state index in [1.807, 2.05) is 0 Å². The molecule has 0 radical (unpaired) electrons. The van der Waals surface area contributed by atoms with Crippen molar-refractivity contribution in [1.29, 1.82) is 0 Å². The number of carbonyl (C=O) groups is 1. The van der Waals surface area contributed by atoms with Crippen molar-refractivity contribution in [2.45, 2.75) is 30.6 Å². The zero-order valence-electron chi connectivity index (χ0n) is 13.9. The number of amides is 1. The van der Waals surface area contributed by atoms with Gasteiger partial charge in [0.05, 0.1) is 10.5 Å². The maximum Gasteiger partial charge on any atom is 0.257 e. The number of rotatable bonds is 4. The summed E-state index contributed by atoms with van der Waals surface area (Å²) in [6.07, 6.45) is 7.03. The van der Waals surface area contributed by atoms with Gasteiger partial charge in [-0.15, -0.1) is 0 Å². The van der Waals surface area contributed by atoms with Gasteiger partial charge in [-0.25, -0.2) is 8.42 Å². The Balaban J connectivity index is 1.72. The third-order valence-corrected chi connectivity index (χ3v) is 6.15. The monoisotopic (exact) mass is 359 g/mol. The standard InChI is InChI=1S/C18H21N3O3S/c22-18(15-6-5-11-19-14-15)20-16-7-9-17(10-8-16)25(23,24)21-12-3-1-2-4-13-21/h5-11,14H,1-4,12-13H2,(H,20,22). The number of sulfonamides is 1. The highest BCUT2D eigenvalue weighted by Crippen LogP contribution is 2.22. The van der Waals surface area contributed by atoms with Gasteiger partial charge in [-0.2, -0.15) is 4.31 Å². The van der Waals surface area contributed by atoms with Gasteiger partial charge in [-0.1, -0.05) is 12.8 Å². The Bertz CT molecular complexity index is 812. The highest BCUT2D eigenvalue weighted by molar-refractivity contribution is 7.89. The van der Waals surface area contributed by atoms with Gasteiger partial charge in [0.2, 0.25) is 10.0 Å². The number of carbonyl (C=O) groups excluding carboxylic acids is 1. The first-order chi connectivity index (χ1) is 12.1. The number of nitrogens with zero attached hydrogens (tertiary/aromatic N) is 2. The molecule has 1 N–H and O–H groups in total. The van der Waals surface area contributed by atoms with E-state index in [1.165, 1.54) is 6.20 Å². The quantitative estimate of drug-likeness (QED) is 0.910. The smallest absolute Gasteiger partial charge is 0.257 e. The van der Waals surface area contributed by atoms with Crippen LogP contribution in [0, 0.1) is 0 Å². The summed E-state index contributed by atoms with van der Waals surface area (Å²) in [7, 11) is -3.47. The molecule has 3 rings (SSSR count). The number of aromatic nitrogens is 1. The van der Waals surface area contributed by atoms with E-state index in [-0.39, 0.29) is 10.8 Å². The first-order valence-corrected chi connectivity index (χ1v) is 9.83. The van der Waals surface area contributed by atoms with Gasteiger partial charge < -0.3 is 5.32 Å². The average Bonchev–Trinajstić information content (AvgIpc) is 2.93. The lowest BCUT2D eigenvalue weighted by Crippen LogP contribution is -2.31. The van der Waals surface area contributed by atoms with Crippen molar-refractivity contribution in [2.75, 3.05) is 18.4 Å². The van der Waals surface area contributed by atoms with Gasteiger partial charge in [-0.05, 0) is 49.2 Å². The van der Waals surface area contributed by atoms with E-state index in [9.17, 15) is 13.2 Å². The van der Waals surface area contributed by atoms with E-state index in [0.29, 0.717) is 24.3 Å². The van der Waals surface area contributed by atoms with Gasteiger partial charge >= 0.3 is 0 Å². The zero-order valence-corrected chi connectivity index (χ0v) is 14.7. The highest BCUT2D eigenvalue weighted by Gasteiger charge is 2.24. The molecule has 7 heteroatoms. The van der Waals surface area contributed by atoms with Crippen LogP contribution >= 0.6 is 0 Å². The average molecular weight is 359 g/mol. The van der Waals surface area contributed by atoms with Crippen molar-refractivity contribution in [3.05, 3.63) is 54.4 Å². The lowest BCUT2D eigenvalue weighted by atomic mass is 10.2. The number of anilines is 1. The lowest BCUT2D eigenvalue weighted by molar-refractivity contribution is 0.102. The molecule has 1 saturated heterocycles. The van der Waals surface area contributed by atoms with E-state index in [4.69, 9.17) is 0 Å². The minimum absolute atomic E-state index is 0.258. The Morgan fingerprint density at radius 3 is 2.28 bits per heavy atom. The summed E-state index contributed by atoms with van der Waals surface area (Å²) in [5.41, 5.74) is 0.993. The first kappa shape index (κ1) is 17.6. The molecule has 1 aliphatic heterocycles. The van der Waals surface area contributed by atoms with Crippen molar-refractivity contribution in [3.63, 3.8) is 0 Å². The Labute approximate surface area is 147 Å². The molecule has 0 spiro atoms. The molecule has 2 aromatic rings. The number of hydrogen-bond donors (Lipinski definition) is 1. The van der Waals surface area contributed by atoms with Crippen LogP contribution in [0.15, 0.2) is 53.7 Å². The molecule has 1 amide bonds. The predicted molar refractivity (Wildman–Crippen MR) is 95.9 cm³/mol. The minimum Gasteiger partial charge on any atom is -0.322 e. The number of pyridine rings is 1. The Hall–Kier alpha value is -2.25. The van der Waals surface area contributed by atoms with Crippen LogP contribution in [0.5, 0.6) is 0 Å². The summed E-state index contributed by atoms with van der Waals surface area (Å²) in [4.78, 5) is 16.3. The Morgan fingerprint density at radius 2 is 1.68 bits per heavy atom. The molecule has 1 aromatic carbocycles. The molecule has 1 aromatic heterocycles. The molecule has 1 aliphatic rings. The first-order valence-electron chi connectivity index (χ1n) is 8.39. The van der Waals surface area contributed by atoms with Gasteiger partial charge in [0.1, 0.15) is 0 Å². The minimum atomic E-state index is -3.47. The van der Waals surface area contributed by atoms with E-state index in [2.05, 4.69) is 10.3 Å². The summed E-state index contributed by atoms with van der Waals surface area (Å²) in [5, 5.41) is 2.74. The molecule has 132 valence electrons. The van der Waals surface area contributed by atoms with Crippen LogP contribution in [-0.4, -0.2) is 36.7 Å². The van der Waals surface area contributed by atoms with Crippen molar-refractivity contribution in [2.24, 2.45) is 0 Å². The molecule has 6 nitrogen and oxygen atoms in total. The number of nitrogens with one attached hydrogen (secondary N) is 1.